The molecule has 0 aromatic carbocycles. The van der Waals surface area contributed by atoms with Crippen LogP contribution in [-0.2, 0) is 11.8 Å². The van der Waals surface area contributed by atoms with Gasteiger partial charge in [-0.1, -0.05) is 0 Å². The fourth-order valence-corrected chi connectivity index (χ4v) is 4.68. The number of carbonyl (C=O) groups is 1. The summed E-state index contributed by atoms with van der Waals surface area (Å²) in [7, 11) is 1.85. The lowest BCUT2D eigenvalue weighted by molar-refractivity contribution is 0.0517. The van der Waals surface area contributed by atoms with Crippen LogP contribution in [0.2, 0.25) is 0 Å². The van der Waals surface area contributed by atoms with E-state index in [1.54, 1.807) is 34.0 Å². The summed E-state index contributed by atoms with van der Waals surface area (Å²) in [6.07, 6.45) is 10.4. The predicted octanol–water partition coefficient (Wildman–Crippen LogP) is 3.80. The predicted molar refractivity (Wildman–Crippen MR) is 142 cm³/mol. The summed E-state index contributed by atoms with van der Waals surface area (Å²) in [6, 6.07) is 6.18. The van der Waals surface area contributed by atoms with Gasteiger partial charge in [0.25, 0.3) is 0 Å². The number of hydrogen-bond donors (Lipinski definition) is 1. The molecule has 11 heteroatoms. The normalized spacial score (nSPS) is 15.9. The van der Waals surface area contributed by atoms with Gasteiger partial charge in [0.1, 0.15) is 28.6 Å². The van der Waals surface area contributed by atoms with Gasteiger partial charge in [-0.05, 0) is 51.7 Å². The number of ether oxygens (including phenoxy) is 1. The van der Waals surface area contributed by atoms with Crippen molar-refractivity contribution in [2.45, 2.75) is 39.2 Å². The van der Waals surface area contributed by atoms with Gasteiger partial charge >= 0.3 is 6.09 Å². The number of carbonyl (C=O) groups excluding carboxylic acids is 1. The van der Waals surface area contributed by atoms with Crippen LogP contribution in [0.3, 0.4) is 0 Å². The fraction of sp³-hybridized carbons (Fsp3) is 0.407. The molecular formula is C27H31N9O2. The van der Waals surface area contributed by atoms with Crippen LogP contribution in [-0.4, -0.2) is 60.7 Å². The van der Waals surface area contributed by atoms with Gasteiger partial charge < -0.3 is 15.0 Å². The van der Waals surface area contributed by atoms with Crippen molar-refractivity contribution < 1.29 is 9.53 Å². The molecule has 0 saturated carbocycles. The Hall–Kier alpha value is -4.46. The molecule has 5 heterocycles. The summed E-state index contributed by atoms with van der Waals surface area (Å²) in [5.41, 5.74) is 3.56. The third-order valence-electron chi connectivity index (χ3n) is 6.42. The molecule has 0 aliphatic carbocycles. The third kappa shape index (κ3) is 5.44. The van der Waals surface area contributed by atoms with Gasteiger partial charge in [-0.25, -0.2) is 19.3 Å². The molecule has 1 atom stereocenters. The van der Waals surface area contributed by atoms with E-state index >= 15 is 0 Å². The highest BCUT2D eigenvalue weighted by atomic mass is 16.6. The molecule has 196 valence electrons. The van der Waals surface area contributed by atoms with Crippen LogP contribution in [0.25, 0.3) is 28.0 Å². The first kappa shape index (κ1) is 25.2. The Balaban J connectivity index is 1.36. The Morgan fingerprint density at radius 1 is 1.18 bits per heavy atom. The molecule has 0 bridgehead atoms. The molecule has 38 heavy (non-hydrogen) atoms. The topological polar surface area (TPSA) is 126 Å². The molecule has 0 spiro atoms. The van der Waals surface area contributed by atoms with Crippen LogP contribution in [0.4, 0.5) is 10.6 Å². The number of hydrogen-bond acceptors (Lipinski definition) is 8. The molecule has 1 saturated heterocycles. The summed E-state index contributed by atoms with van der Waals surface area (Å²) < 4.78 is 8.76. The van der Waals surface area contributed by atoms with E-state index in [4.69, 9.17) is 14.7 Å². The van der Waals surface area contributed by atoms with Gasteiger partial charge in [0, 0.05) is 50.2 Å². The SMILES string of the molecule is Cn1cc(-c2cn3ncc(C#N)c3c(-c3ccc(N4CCC[C@H](CNC(=O)OC(C)(C)C)C4)nc3)n2)cn1. The quantitative estimate of drug-likeness (QED) is 0.427. The first-order valence-electron chi connectivity index (χ1n) is 12.7. The fourth-order valence-electron chi connectivity index (χ4n) is 4.68. The number of aromatic nitrogens is 6. The highest BCUT2D eigenvalue weighted by Crippen LogP contribution is 2.30. The van der Waals surface area contributed by atoms with E-state index in [9.17, 15) is 10.1 Å². The Morgan fingerprint density at radius 3 is 2.71 bits per heavy atom. The second-order valence-electron chi connectivity index (χ2n) is 10.6. The average molecular weight is 514 g/mol. The number of nitriles is 1. The Bertz CT molecular complexity index is 1490. The van der Waals surface area contributed by atoms with Crippen molar-refractivity contribution in [3.8, 4) is 28.6 Å². The highest BCUT2D eigenvalue weighted by molar-refractivity contribution is 5.83. The number of piperidine rings is 1. The van der Waals surface area contributed by atoms with E-state index in [-0.39, 0.29) is 6.09 Å². The molecule has 1 fully saturated rings. The monoisotopic (exact) mass is 513 g/mol. The van der Waals surface area contributed by atoms with Gasteiger partial charge in [0.15, 0.2) is 0 Å². The van der Waals surface area contributed by atoms with Crippen LogP contribution in [0.15, 0.2) is 43.1 Å². The number of rotatable bonds is 5. The number of fused-ring (bicyclic) bond motifs is 1. The Kier molecular flexibility index (Phi) is 6.72. The van der Waals surface area contributed by atoms with Crippen LogP contribution in [0.5, 0.6) is 0 Å². The molecule has 0 radical (unpaired) electrons. The number of pyridine rings is 1. The van der Waals surface area contributed by atoms with Crippen molar-refractivity contribution in [2.24, 2.45) is 13.0 Å². The lowest BCUT2D eigenvalue weighted by atomic mass is 9.98. The maximum absolute atomic E-state index is 12.1. The first-order chi connectivity index (χ1) is 18.2. The van der Waals surface area contributed by atoms with Crippen LogP contribution < -0.4 is 10.2 Å². The first-order valence-corrected chi connectivity index (χ1v) is 12.7. The van der Waals surface area contributed by atoms with E-state index in [2.05, 4.69) is 26.5 Å². The van der Waals surface area contributed by atoms with E-state index in [0.29, 0.717) is 34.9 Å². The minimum atomic E-state index is -0.517. The van der Waals surface area contributed by atoms with Gasteiger partial charge in [0.2, 0.25) is 0 Å². The van der Waals surface area contributed by atoms with Crippen molar-refractivity contribution in [3.05, 3.63) is 48.7 Å². The van der Waals surface area contributed by atoms with Crippen molar-refractivity contribution >= 4 is 17.4 Å². The van der Waals surface area contributed by atoms with Crippen LogP contribution in [0.1, 0.15) is 39.2 Å². The molecule has 1 aliphatic rings. The van der Waals surface area contributed by atoms with E-state index in [1.165, 1.54) is 0 Å². The number of alkyl carbamates (subject to hydrolysis) is 1. The van der Waals surface area contributed by atoms with Gasteiger partial charge in [-0.3, -0.25) is 4.68 Å². The van der Waals surface area contributed by atoms with Crippen molar-refractivity contribution in [1.29, 1.82) is 5.26 Å². The minimum absolute atomic E-state index is 0.306. The molecule has 0 unspecified atom stereocenters. The maximum Gasteiger partial charge on any atom is 0.407 e. The number of aryl methyl sites for hydroxylation is 1. The zero-order valence-electron chi connectivity index (χ0n) is 22.0. The van der Waals surface area contributed by atoms with Crippen molar-refractivity contribution in [1.82, 2.24) is 34.7 Å². The average Bonchev–Trinajstić information content (AvgIpc) is 3.52. The van der Waals surface area contributed by atoms with Gasteiger partial charge in [0.05, 0.1) is 30.0 Å². The molecule has 5 rings (SSSR count). The van der Waals surface area contributed by atoms with Gasteiger partial charge in [-0.15, -0.1) is 0 Å². The van der Waals surface area contributed by atoms with Crippen LogP contribution >= 0.6 is 0 Å². The smallest absolute Gasteiger partial charge is 0.407 e. The molecule has 4 aromatic heterocycles. The molecule has 4 aromatic rings. The van der Waals surface area contributed by atoms with Crippen molar-refractivity contribution in [2.75, 3.05) is 24.5 Å². The van der Waals surface area contributed by atoms with E-state index in [1.807, 2.05) is 46.1 Å². The van der Waals surface area contributed by atoms with Crippen molar-refractivity contribution in [3.63, 3.8) is 0 Å². The minimum Gasteiger partial charge on any atom is -0.444 e. The maximum atomic E-state index is 12.1. The standard InChI is InChI=1S/C27H31N9O2/c1-27(2,3)38-26(37)30-11-18-6-5-9-35(15-18)23-8-7-19(12-29-23)24-25-20(10-28)13-32-36(25)17-22(33-24)21-14-31-34(4)16-21/h7-8,12-14,16-18H,5-6,9,11,15H2,1-4H3,(H,30,37)/t18-/m1/s1. The summed E-state index contributed by atoms with van der Waals surface area (Å²) in [6.45, 7) is 7.82. The Morgan fingerprint density at radius 2 is 2.03 bits per heavy atom. The highest BCUT2D eigenvalue weighted by Gasteiger charge is 2.23. The lowest BCUT2D eigenvalue weighted by Gasteiger charge is -2.33. The second-order valence-corrected chi connectivity index (χ2v) is 10.6. The summed E-state index contributed by atoms with van der Waals surface area (Å²) in [5.74, 6) is 1.17. The Labute approximate surface area is 221 Å². The zero-order chi connectivity index (χ0) is 26.9. The van der Waals surface area contributed by atoms with E-state index < -0.39 is 5.60 Å². The second kappa shape index (κ2) is 10.1. The molecular weight excluding hydrogens is 482 g/mol. The number of nitrogens with one attached hydrogen (secondary N) is 1. The third-order valence-corrected chi connectivity index (χ3v) is 6.42. The summed E-state index contributed by atoms with van der Waals surface area (Å²) in [4.78, 5) is 23.9. The number of anilines is 1. The number of amides is 1. The zero-order valence-corrected chi connectivity index (χ0v) is 22.0. The number of nitrogens with zero attached hydrogens (tertiary/aromatic N) is 8. The molecule has 1 N–H and O–H groups in total. The summed E-state index contributed by atoms with van der Waals surface area (Å²) >= 11 is 0. The van der Waals surface area contributed by atoms with Crippen LogP contribution in [0, 0.1) is 17.2 Å². The summed E-state index contributed by atoms with van der Waals surface area (Å²) in [5, 5.41) is 21.2. The lowest BCUT2D eigenvalue weighted by Crippen LogP contribution is -2.42. The molecule has 11 nitrogen and oxygen atoms in total. The van der Waals surface area contributed by atoms with Gasteiger partial charge in [-0.2, -0.15) is 15.5 Å². The molecule has 1 amide bonds. The largest absolute Gasteiger partial charge is 0.444 e. The van der Waals surface area contributed by atoms with E-state index in [0.717, 1.165) is 42.9 Å². The molecule has 1 aliphatic heterocycles.